The van der Waals surface area contributed by atoms with Crippen molar-refractivity contribution in [3.05, 3.63) is 18.3 Å². The molecule has 0 unspecified atom stereocenters. The summed E-state index contributed by atoms with van der Waals surface area (Å²) >= 11 is 1.87. The fraction of sp³-hybridized carbons (Fsp3) is 0.545. The van der Waals surface area contributed by atoms with E-state index in [9.17, 15) is 0 Å². The van der Waals surface area contributed by atoms with Crippen LogP contribution in [0.15, 0.2) is 23.2 Å². The Morgan fingerprint density at radius 3 is 2.57 bits per heavy atom. The minimum absolute atomic E-state index is 0.594. The molecule has 0 aliphatic heterocycles. The quantitative estimate of drug-likeness (QED) is 0.759. The van der Waals surface area contributed by atoms with Crippen LogP contribution in [0.1, 0.15) is 26.7 Å². The first-order valence-corrected chi connectivity index (χ1v) is 6.09. The van der Waals surface area contributed by atoms with Gasteiger partial charge in [0.25, 0.3) is 0 Å². The van der Waals surface area contributed by atoms with Crippen molar-refractivity contribution in [3.63, 3.8) is 0 Å². The molecular weight excluding hydrogens is 192 g/mol. The zero-order valence-corrected chi connectivity index (χ0v) is 9.68. The van der Waals surface area contributed by atoms with Gasteiger partial charge in [-0.25, -0.2) is 4.98 Å². The molecule has 2 N–H and O–H groups in total. The summed E-state index contributed by atoms with van der Waals surface area (Å²) in [5, 5.41) is 0. The van der Waals surface area contributed by atoms with Gasteiger partial charge in [0.1, 0.15) is 5.82 Å². The molecule has 14 heavy (non-hydrogen) atoms. The summed E-state index contributed by atoms with van der Waals surface area (Å²) in [6.07, 6.45) is 4.36. The monoisotopic (exact) mass is 210 g/mol. The molecule has 0 amide bonds. The van der Waals surface area contributed by atoms with Gasteiger partial charge in [0, 0.05) is 16.8 Å². The Kier molecular flexibility index (Phi) is 4.80. The predicted molar refractivity (Wildman–Crippen MR) is 63.4 cm³/mol. The van der Waals surface area contributed by atoms with Crippen molar-refractivity contribution in [1.29, 1.82) is 0 Å². The SMILES string of the molecule is CCC(CC)CSc1ccc(N)nc1. The van der Waals surface area contributed by atoms with Gasteiger partial charge in [-0.3, -0.25) is 0 Å². The van der Waals surface area contributed by atoms with E-state index in [0.29, 0.717) is 5.82 Å². The number of thioether (sulfide) groups is 1. The third-order valence-electron chi connectivity index (χ3n) is 2.40. The highest BCUT2D eigenvalue weighted by molar-refractivity contribution is 7.99. The molecule has 1 aromatic rings. The van der Waals surface area contributed by atoms with Crippen LogP contribution in [0, 0.1) is 5.92 Å². The first-order chi connectivity index (χ1) is 6.76. The minimum atomic E-state index is 0.594. The zero-order valence-electron chi connectivity index (χ0n) is 8.86. The van der Waals surface area contributed by atoms with Gasteiger partial charge >= 0.3 is 0 Å². The Labute approximate surface area is 90.3 Å². The standard InChI is InChI=1S/C11H18N2S/c1-3-9(4-2)8-14-10-5-6-11(12)13-7-10/h5-7,9H,3-4,8H2,1-2H3,(H2,12,13). The number of nitrogens with zero attached hydrogens (tertiary/aromatic N) is 1. The average Bonchev–Trinajstić information content (AvgIpc) is 2.22. The van der Waals surface area contributed by atoms with Crippen molar-refractivity contribution in [3.8, 4) is 0 Å². The lowest BCUT2D eigenvalue weighted by atomic mass is 10.1. The smallest absolute Gasteiger partial charge is 0.123 e. The van der Waals surface area contributed by atoms with E-state index in [1.54, 1.807) is 0 Å². The first-order valence-electron chi connectivity index (χ1n) is 5.10. The van der Waals surface area contributed by atoms with Crippen LogP contribution in [0.2, 0.25) is 0 Å². The highest BCUT2D eigenvalue weighted by Gasteiger charge is 2.04. The van der Waals surface area contributed by atoms with Crippen molar-refractivity contribution in [2.24, 2.45) is 5.92 Å². The molecule has 1 heterocycles. The van der Waals surface area contributed by atoms with Crippen molar-refractivity contribution in [2.45, 2.75) is 31.6 Å². The molecule has 0 saturated heterocycles. The van der Waals surface area contributed by atoms with E-state index in [1.807, 2.05) is 30.1 Å². The third kappa shape index (κ3) is 3.58. The molecule has 0 bridgehead atoms. The number of hydrogen-bond donors (Lipinski definition) is 1. The summed E-state index contributed by atoms with van der Waals surface area (Å²) in [4.78, 5) is 5.28. The molecular formula is C11H18N2S. The molecule has 0 aromatic carbocycles. The van der Waals surface area contributed by atoms with Crippen LogP contribution < -0.4 is 5.73 Å². The first kappa shape index (κ1) is 11.4. The molecule has 1 aromatic heterocycles. The molecule has 3 heteroatoms. The molecule has 0 radical (unpaired) electrons. The topological polar surface area (TPSA) is 38.9 Å². The summed E-state index contributed by atoms with van der Waals surface area (Å²) in [6.45, 7) is 4.49. The Bertz CT molecular complexity index is 254. The minimum Gasteiger partial charge on any atom is -0.384 e. The van der Waals surface area contributed by atoms with Gasteiger partial charge in [0.2, 0.25) is 0 Å². The summed E-state index contributed by atoms with van der Waals surface area (Å²) in [5.74, 6) is 2.59. The second-order valence-electron chi connectivity index (χ2n) is 3.41. The second kappa shape index (κ2) is 5.91. The van der Waals surface area contributed by atoms with Gasteiger partial charge in [-0.15, -0.1) is 11.8 Å². The molecule has 0 spiro atoms. The Hall–Kier alpha value is -0.700. The van der Waals surface area contributed by atoms with Crippen LogP contribution in [-0.4, -0.2) is 10.7 Å². The van der Waals surface area contributed by atoms with E-state index in [4.69, 9.17) is 5.73 Å². The number of rotatable bonds is 5. The molecule has 0 fully saturated rings. The summed E-state index contributed by atoms with van der Waals surface area (Å²) in [5.41, 5.74) is 5.51. The van der Waals surface area contributed by atoms with Crippen molar-refractivity contribution < 1.29 is 0 Å². The fourth-order valence-electron chi connectivity index (χ4n) is 1.22. The van der Waals surface area contributed by atoms with E-state index in [1.165, 1.54) is 23.5 Å². The van der Waals surface area contributed by atoms with Crippen LogP contribution in [0.5, 0.6) is 0 Å². The van der Waals surface area contributed by atoms with E-state index in [0.717, 1.165) is 5.92 Å². The van der Waals surface area contributed by atoms with E-state index in [-0.39, 0.29) is 0 Å². The number of nitrogen functional groups attached to an aromatic ring is 1. The summed E-state index contributed by atoms with van der Waals surface area (Å²) in [6, 6.07) is 3.89. The van der Waals surface area contributed by atoms with Crippen LogP contribution in [0.3, 0.4) is 0 Å². The molecule has 0 aliphatic rings. The molecule has 0 aliphatic carbocycles. The molecule has 78 valence electrons. The van der Waals surface area contributed by atoms with E-state index >= 15 is 0 Å². The van der Waals surface area contributed by atoms with Crippen LogP contribution in [-0.2, 0) is 0 Å². The highest BCUT2D eigenvalue weighted by atomic mass is 32.2. The number of pyridine rings is 1. The highest BCUT2D eigenvalue weighted by Crippen LogP contribution is 2.23. The van der Waals surface area contributed by atoms with Crippen LogP contribution in [0.25, 0.3) is 0 Å². The maximum Gasteiger partial charge on any atom is 0.123 e. The van der Waals surface area contributed by atoms with E-state index in [2.05, 4.69) is 18.8 Å². The maximum atomic E-state index is 5.51. The van der Waals surface area contributed by atoms with Gasteiger partial charge in [-0.05, 0) is 18.1 Å². The maximum absolute atomic E-state index is 5.51. The van der Waals surface area contributed by atoms with Crippen molar-refractivity contribution in [2.75, 3.05) is 11.5 Å². The second-order valence-corrected chi connectivity index (χ2v) is 4.51. The lowest BCUT2D eigenvalue weighted by Gasteiger charge is -2.10. The number of hydrogen-bond acceptors (Lipinski definition) is 3. The fourth-order valence-corrected chi connectivity index (χ4v) is 2.41. The van der Waals surface area contributed by atoms with Crippen molar-refractivity contribution in [1.82, 2.24) is 4.98 Å². The van der Waals surface area contributed by atoms with Crippen LogP contribution >= 0.6 is 11.8 Å². The molecule has 0 saturated carbocycles. The summed E-state index contributed by atoms with van der Waals surface area (Å²) in [7, 11) is 0. The van der Waals surface area contributed by atoms with Gasteiger partial charge in [0.15, 0.2) is 0 Å². The Morgan fingerprint density at radius 2 is 2.07 bits per heavy atom. The number of aromatic nitrogens is 1. The van der Waals surface area contributed by atoms with Gasteiger partial charge in [-0.2, -0.15) is 0 Å². The Balaban J connectivity index is 2.41. The predicted octanol–water partition coefficient (Wildman–Crippen LogP) is 3.19. The lowest BCUT2D eigenvalue weighted by molar-refractivity contribution is 0.554. The Morgan fingerprint density at radius 1 is 1.36 bits per heavy atom. The number of nitrogens with two attached hydrogens (primary N) is 1. The molecule has 2 nitrogen and oxygen atoms in total. The largest absolute Gasteiger partial charge is 0.384 e. The molecule has 0 atom stereocenters. The van der Waals surface area contributed by atoms with E-state index < -0.39 is 0 Å². The van der Waals surface area contributed by atoms with Crippen LogP contribution in [0.4, 0.5) is 5.82 Å². The molecule has 1 rings (SSSR count). The van der Waals surface area contributed by atoms with Gasteiger partial charge < -0.3 is 5.73 Å². The lowest BCUT2D eigenvalue weighted by Crippen LogP contribution is -1.99. The van der Waals surface area contributed by atoms with Gasteiger partial charge in [0.05, 0.1) is 0 Å². The zero-order chi connectivity index (χ0) is 10.4. The number of anilines is 1. The average molecular weight is 210 g/mol. The third-order valence-corrected chi connectivity index (χ3v) is 3.61. The summed E-state index contributed by atoms with van der Waals surface area (Å²) < 4.78 is 0. The normalized spacial score (nSPS) is 10.8. The van der Waals surface area contributed by atoms with Gasteiger partial charge in [-0.1, -0.05) is 26.7 Å². The van der Waals surface area contributed by atoms with Crippen molar-refractivity contribution >= 4 is 17.6 Å².